The van der Waals surface area contributed by atoms with Crippen molar-refractivity contribution in [1.29, 1.82) is 0 Å². The minimum atomic E-state index is -0.459. The molecule has 0 aliphatic rings. The first-order valence-electron chi connectivity index (χ1n) is 6.01. The summed E-state index contributed by atoms with van der Waals surface area (Å²) in [5.41, 5.74) is 0.665. The largest absolute Gasteiger partial charge is 0.394 e. The first-order valence-corrected chi connectivity index (χ1v) is 6.01. The third-order valence-corrected chi connectivity index (χ3v) is 2.59. The van der Waals surface area contributed by atoms with Crippen LogP contribution in [0.25, 0.3) is 0 Å². The maximum Gasteiger partial charge on any atom is 0.223 e. The van der Waals surface area contributed by atoms with Crippen LogP contribution in [0.3, 0.4) is 0 Å². The number of carbonyl (C=O) groups is 1. The van der Waals surface area contributed by atoms with Gasteiger partial charge in [0.15, 0.2) is 0 Å². The molecule has 0 saturated heterocycles. The lowest BCUT2D eigenvalue weighted by molar-refractivity contribution is -0.125. The molecule has 2 N–H and O–H groups in total. The van der Waals surface area contributed by atoms with Crippen LogP contribution >= 0.6 is 0 Å². The van der Waals surface area contributed by atoms with Gasteiger partial charge in [0.05, 0.1) is 18.3 Å². The van der Waals surface area contributed by atoms with E-state index in [2.05, 4.69) is 10.3 Å². The lowest BCUT2D eigenvalue weighted by Gasteiger charge is -2.19. The summed E-state index contributed by atoms with van der Waals surface area (Å²) in [6.07, 6.45) is 0. The zero-order chi connectivity index (χ0) is 13.7. The molecular weight excluding hydrogens is 230 g/mol. The monoisotopic (exact) mass is 251 g/mol. The summed E-state index contributed by atoms with van der Waals surface area (Å²) in [6, 6.07) is 5.08. The fourth-order valence-corrected chi connectivity index (χ4v) is 1.43. The Labute approximate surface area is 108 Å². The topological polar surface area (TPSA) is 65.5 Å². The van der Waals surface area contributed by atoms with Crippen LogP contribution in [0.2, 0.25) is 0 Å². The summed E-state index contributed by atoms with van der Waals surface area (Å²) < 4.78 is 0. The van der Waals surface area contributed by atoms with E-state index in [9.17, 15) is 9.90 Å². The van der Waals surface area contributed by atoms with Crippen LogP contribution in [0.5, 0.6) is 0 Å². The molecule has 0 aromatic carbocycles. The van der Waals surface area contributed by atoms with Gasteiger partial charge < -0.3 is 15.3 Å². The van der Waals surface area contributed by atoms with Crippen molar-refractivity contribution in [2.75, 3.05) is 25.6 Å². The molecule has 5 heteroatoms. The quantitative estimate of drug-likeness (QED) is 0.818. The number of hydrogen-bond acceptors (Lipinski definition) is 4. The molecule has 0 saturated carbocycles. The van der Waals surface area contributed by atoms with Crippen molar-refractivity contribution in [3.63, 3.8) is 0 Å². The number of aromatic nitrogens is 1. The van der Waals surface area contributed by atoms with Gasteiger partial charge in [-0.2, -0.15) is 0 Å². The number of carbonyl (C=O) groups excluding carboxylic acids is 1. The highest BCUT2D eigenvalue weighted by molar-refractivity contribution is 5.78. The second kappa shape index (κ2) is 6.35. The summed E-state index contributed by atoms with van der Waals surface area (Å²) in [5, 5.41) is 12.1. The number of nitrogens with zero attached hydrogens (tertiary/aromatic N) is 2. The van der Waals surface area contributed by atoms with Gasteiger partial charge in [-0.05, 0) is 12.1 Å². The van der Waals surface area contributed by atoms with Crippen molar-refractivity contribution in [2.24, 2.45) is 5.92 Å². The zero-order valence-corrected chi connectivity index (χ0v) is 11.3. The Balaban J connectivity index is 2.88. The number of aliphatic hydroxyl groups excluding tert-OH is 1. The second-order valence-corrected chi connectivity index (χ2v) is 4.71. The molecule has 1 heterocycles. The van der Waals surface area contributed by atoms with Gasteiger partial charge in [-0.3, -0.25) is 4.79 Å². The predicted octanol–water partition coefficient (Wildman–Crippen LogP) is 0.953. The van der Waals surface area contributed by atoms with Crippen molar-refractivity contribution >= 4 is 11.7 Å². The predicted molar refractivity (Wildman–Crippen MR) is 71.4 cm³/mol. The molecule has 1 atom stereocenters. The van der Waals surface area contributed by atoms with Crippen molar-refractivity contribution in [1.82, 2.24) is 10.3 Å². The smallest absolute Gasteiger partial charge is 0.223 e. The molecule has 0 spiro atoms. The molecule has 1 aromatic heterocycles. The molecule has 1 rings (SSSR count). The van der Waals surface area contributed by atoms with E-state index in [1.165, 1.54) is 0 Å². The van der Waals surface area contributed by atoms with Gasteiger partial charge in [-0.15, -0.1) is 0 Å². The molecule has 0 aliphatic heterocycles. The summed E-state index contributed by atoms with van der Waals surface area (Å²) >= 11 is 0. The molecular formula is C13H21N3O2. The van der Waals surface area contributed by atoms with Gasteiger partial charge in [0.1, 0.15) is 5.82 Å². The Morgan fingerprint density at radius 2 is 2.11 bits per heavy atom. The lowest BCUT2D eigenvalue weighted by Crippen LogP contribution is -2.34. The van der Waals surface area contributed by atoms with E-state index in [1.807, 2.05) is 45.0 Å². The average Bonchev–Trinajstić information content (AvgIpc) is 2.35. The minimum absolute atomic E-state index is 0.0916. The molecule has 5 nitrogen and oxygen atoms in total. The van der Waals surface area contributed by atoms with E-state index in [0.717, 1.165) is 5.82 Å². The van der Waals surface area contributed by atoms with Crippen molar-refractivity contribution in [3.05, 3.63) is 23.9 Å². The second-order valence-electron chi connectivity index (χ2n) is 4.71. The number of pyridine rings is 1. The fourth-order valence-electron chi connectivity index (χ4n) is 1.43. The van der Waals surface area contributed by atoms with Crippen molar-refractivity contribution < 1.29 is 9.90 Å². The highest BCUT2D eigenvalue weighted by atomic mass is 16.3. The third-order valence-electron chi connectivity index (χ3n) is 2.59. The van der Waals surface area contributed by atoms with Crippen LogP contribution in [0.15, 0.2) is 18.2 Å². The number of hydrogen-bond donors (Lipinski definition) is 2. The Bertz CT molecular complexity index is 405. The van der Waals surface area contributed by atoms with Gasteiger partial charge >= 0.3 is 0 Å². The van der Waals surface area contributed by atoms with E-state index in [0.29, 0.717) is 5.69 Å². The molecule has 1 aromatic rings. The minimum Gasteiger partial charge on any atom is -0.394 e. The first kappa shape index (κ1) is 14.4. The highest BCUT2D eigenvalue weighted by Crippen LogP contribution is 2.15. The standard InChI is InChI=1S/C13H21N3O2/c1-9(2)13(18)15-11(8-17)10-6-5-7-12(14-10)16(3)4/h5-7,9,11,17H,8H2,1-4H3,(H,15,18). The molecule has 0 bridgehead atoms. The normalized spacial score (nSPS) is 12.3. The molecule has 0 aliphatic carbocycles. The van der Waals surface area contributed by atoms with Crippen LogP contribution in [0.1, 0.15) is 25.6 Å². The van der Waals surface area contributed by atoms with E-state index < -0.39 is 6.04 Å². The van der Waals surface area contributed by atoms with Gasteiger partial charge in [-0.1, -0.05) is 19.9 Å². The summed E-state index contributed by atoms with van der Waals surface area (Å²) in [6.45, 7) is 3.46. The fraction of sp³-hybridized carbons (Fsp3) is 0.538. The molecule has 18 heavy (non-hydrogen) atoms. The molecule has 1 unspecified atom stereocenters. The average molecular weight is 251 g/mol. The number of aliphatic hydroxyl groups is 1. The number of anilines is 1. The zero-order valence-electron chi connectivity index (χ0n) is 11.3. The maximum absolute atomic E-state index is 11.6. The lowest BCUT2D eigenvalue weighted by atomic mass is 10.1. The van der Waals surface area contributed by atoms with Gasteiger partial charge in [0.25, 0.3) is 0 Å². The summed E-state index contributed by atoms with van der Waals surface area (Å²) in [5.74, 6) is 0.590. The number of rotatable bonds is 5. The summed E-state index contributed by atoms with van der Waals surface area (Å²) in [4.78, 5) is 17.9. The van der Waals surface area contributed by atoms with E-state index in [1.54, 1.807) is 6.07 Å². The van der Waals surface area contributed by atoms with Crippen molar-refractivity contribution in [2.45, 2.75) is 19.9 Å². The molecule has 0 radical (unpaired) electrons. The molecule has 0 fully saturated rings. The van der Waals surface area contributed by atoms with E-state index in [4.69, 9.17) is 0 Å². The van der Waals surface area contributed by atoms with Gasteiger partial charge in [0, 0.05) is 20.0 Å². The Morgan fingerprint density at radius 3 is 2.61 bits per heavy atom. The third kappa shape index (κ3) is 3.70. The van der Waals surface area contributed by atoms with E-state index >= 15 is 0 Å². The Hall–Kier alpha value is -1.62. The van der Waals surface area contributed by atoms with Gasteiger partial charge in [0.2, 0.25) is 5.91 Å². The van der Waals surface area contributed by atoms with E-state index in [-0.39, 0.29) is 18.4 Å². The molecule has 100 valence electrons. The first-order chi connectivity index (χ1) is 8.45. The summed E-state index contributed by atoms with van der Waals surface area (Å²) in [7, 11) is 3.79. The number of nitrogens with one attached hydrogen (secondary N) is 1. The van der Waals surface area contributed by atoms with Crippen LogP contribution in [-0.2, 0) is 4.79 Å². The maximum atomic E-state index is 11.6. The molecule has 1 amide bonds. The highest BCUT2D eigenvalue weighted by Gasteiger charge is 2.17. The van der Waals surface area contributed by atoms with Crippen LogP contribution in [-0.4, -0.2) is 36.7 Å². The van der Waals surface area contributed by atoms with Crippen LogP contribution < -0.4 is 10.2 Å². The SMILES string of the molecule is CC(C)C(=O)NC(CO)c1cccc(N(C)C)n1. The van der Waals surface area contributed by atoms with Crippen LogP contribution in [0, 0.1) is 5.92 Å². The number of amides is 1. The Kier molecular flexibility index (Phi) is 5.09. The van der Waals surface area contributed by atoms with Crippen LogP contribution in [0.4, 0.5) is 5.82 Å². The van der Waals surface area contributed by atoms with Gasteiger partial charge in [-0.25, -0.2) is 4.98 Å². The Morgan fingerprint density at radius 1 is 1.44 bits per heavy atom. The van der Waals surface area contributed by atoms with Crippen molar-refractivity contribution in [3.8, 4) is 0 Å².